The van der Waals surface area contributed by atoms with E-state index in [9.17, 15) is 8.42 Å². The third kappa shape index (κ3) is 2.77. The van der Waals surface area contributed by atoms with E-state index >= 15 is 0 Å². The van der Waals surface area contributed by atoms with Crippen LogP contribution in [0.2, 0.25) is 0 Å². The van der Waals surface area contributed by atoms with Crippen molar-refractivity contribution in [2.45, 2.75) is 18.7 Å². The van der Waals surface area contributed by atoms with Gasteiger partial charge in [-0.2, -0.15) is 0 Å². The van der Waals surface area contributed by atoms with Gasteiger partial charge in [-0.1, -0.05) is 15.9 Å². The molecule has 3 nitrogen and oxygen atoms in total. The van der Waals surface area contributed by atoms with Gasteiger partial charge in [0.2, 0.25) is 0 Å². The smallest absolute Gasteiger partial charge is 0.182 e. The lowest BCUT2D eigenvalue weighted by Gasteiger charge is -2.11. The van der Waals surface area contributed by atoms with Crippen molar-refractivity contribution in [2.75, 3.05) is 18.2 Å². The van der Waals surface area contributed by atoms with Crippen LogP contribution in [0, 0.1) is 13.8 Å². The number of methoxy groups -OCH3 is 1. The minimum atomic E-state index is -3.26. The molecule has 1 rings (SSSR count). The molecule has 0 aliphatic carbocycles. The summed E-state index contributed by atoms with van der Waals surface area (Å²) in [5, 5.41) is 0.422. The first-order valence-electron chi connectivity index (χ1n) is 4.86. The quantitative estimate of drug-likeness (QED) is 0.803. The monoisotopic (exact) mass is 306 g/mol. The molecule has 0 heterocycles. The highest BCUT2D eigenvalue weighted by Gasteiger charge is 2.19. The predicted molar refractivity (Wildman–Crippen MR) is 68.3 cm³/mol. The summed E-state index contributed by atoms with van der Waals surface area (Å²) in [6.45, 7) is 3.82. The number of hydrogen-bond donors (Lipinski definition) is 0. The first-order valence-corrected chi connectivity index (χ1v) is 7.63. The number of alkyl halides is 1. The lowest BCUT2D eigenvalue weighted by molar-refractivity contribution is 0.402. The van der Waals surface area contributed by atoms with Gasteiger partial charge < -0.3 is 4.74 Å². The Morgan fingerprint density at radius 2 is 1.81 bits per heavy atom. The molecule has 0 radical (unpaired) electrons. The average Bonchev–Trinajstić information content (AvgIpc) is 2.21. The molecule has 16 heavy (non-hydrogen) atoms. The summed E-state index contributed by atoms with van der Waals surface area (Å²) in [6, 6.07) is 3.43. The molecule has 0 saturated heterocycles. The van der Waals surface area contributed by atoms with Gasteiger partial charge in [-0.15, -0.1) is 0 Å². The van der Waals surface area contributed by atoms with Crippen LogP contribution in [0.3, 0.4) is 0 Å². The number of rotatable bonds is 4. The Kier molecular flexibility index (Phi) is 4.38. The summed E-state index contributed by atoms with van der Waals surface area (Å²) < 4.78 is 29.1. The van der Waals surface area contributed by atoms with Crippen molar-refractivity contribution < 1.29 is 13.2 Å². The predicted octanol–water partition coefficient (Wildman–Crippen LogP) is 2.48. The molecule has 0 bridgehead atoms. The van der Waals surface area contributed by atoms with Gasteiger partial charge in [0, 0.05) is 5.33 Å². The number of aryl methyl sites for hydroxylation is 2. The fourth-order valence-corrected chi connectivity index (χ4v) is 3.88. The maximum atomic E-state index is 12.0. The van der Waals surface area contributed by atoms with Crippen molar-refractivity contribution in [1.29, 1.82) is 0 Å². The van der Waals surface area contributed by atoms with E-state index in [1.54, 1.807) is 12.1 Å². The normalized spacial score (nSPS) is 11.5. The fourth-order valence-electron chi connectivity index (χ4n) is 1.38. The number of halogens is 1. The van der Waals surface area contributed by atoms with Crippen molar-refractivity contribution in [3.63, 3.8) is 0 Å². The minimum absolute atomic E-state index is 0.0753. The standard InChI is InChI=1S/C11H15BrO3S/c1-8-6-10(15-3)11(7-9(8)2)16(13,14)5-4-12/h6-7H,4-5H2,1-3H3. The molecule has 0 aliphatic heterocycles. The topological polar surface area (TPSA) is 43.4 Å². The molecule has 0 saturated carbocycles. The average molecular weight is 307 g/mol. The van der Waals surface area contributed by atoms with E-state index in [0.29, 0.717) is 11.1 Å². The lowest BCUT2D eigenvalue weighted by atomic mass is 10.1. The molecular formula is C11H15BrO3S. The van der Waals surface area contributed by atoms with E-state index < -0.39 is 9.84 Å². The highest BCUT2D eigenvalue weighted by Crippen LogP contribution is 2.28. The molecule has 0 aromatic heterocycles. The second-order valence-corrected chi connectivity index (χ2v) is 6.47. The third-order valence-electron chi connectivity index (χ3n) is 2.46. The van der Waals surface area contributed by atoms with E-state index in [0.717, 1.165) is 11.1 Å². The molecule has 0 N–H and O–H groups in total. The number of hydrogen-bond acceptors (Lipinski definition) is 3. The van der Waals surface area contributed by atoms with Crippen LogP contribution in [0.25, 0.3) is 0 Å². The Morgan fingerprint density at radius 1 is 1.25 bits per heavy atom. The minimum Gasteiger partial charge on any atom is -0.495 e. The molecule has 0 atom stereocenters. The maximum Gasteiger partial charge on any atom is 0.182 e. The molecule has 1 aromatic rings. The van der Waals surface area contributed by atoms with E-state index in [4.69, 9.17) is 4.74 Å². The SMILES string of the molecule is COc1cc(C)c(C)cc1S(=O)(=O)CCBr. The molecule has 0 fully saturated rings. The summed E-state index contributed by atoms with van der Waals surface area (Å²) >= 11 is 3.14. The van der Waals surface area contributed by atoms with Crippen LogP contribution in [0.1, 0.15) is 11.1 Å². The lowest BCUT2D eigenvalue weighted by Crippen LogP contribution is -2.10. The van der Waals surface area contributed by atoms with Crippen LogP contribution >= 0.6 is 15.9 Å². The van der Waals surface area contributed by atoms with Gasteiger partial charge in [0.1, 0.15) is 10.6 Å². The highest BCUT2D eigenvalue weighted by atomic mass is 79.9. The highest BCUT2D eigenvalue weighted by molar-refractivity contribution is 9.09. The number of sulfone groups is 1. The van der Waals surface area contributed by atoms with Crippen LogP contribution < -0.4 is 4.74 Å². The summed E-state index contributed by atoms with van der Waals surface area (Å²) in [4.78, 5) is 0.276. The fraction of sp³-hybridized carbons (Fsp3) is 0.455. The van der Waals surface area contributed by atoms with Crippen LogP contribution in [0.15, 0.2) is 17.0 Å². The zero-order valence-electron chi connectivity index (χ0n) is 9.58. The molecule has 0 unspecified atom stereocenters. The molecule has 0 aliphatic rings. The van der Waals surface area contributed by atoms with Crippen molar-refractivity contribution in [2.24, 2.45) is 0 Å². The van der Waals surface area contributed by atoms with Gasteiger partial charge in [0.05, 0.1) is 12.9 Å². The first-order chi connectivity index (χ1) is 7.42. The summed E-state index contributed by atoms with van der Waals surface area (Å²) in [6.07, 6.45) is 0. The van der Waals surface area contributed by atoms with E-state index in [1.807, 2.05) is 13.8 Å². The van der Waals surface area contributed by atoms with Gasteiger partial charge in [0.15, 0.2) is 9.84 Å². The number of ether oxygens (including phenoxy) is 1. The van der Waals surface area contributed by atoms with Gasteiger partial charge in [-0.05, 0) is 37.1 Å². The van der Waals surface area contributed by atoms with Crippen molar-refractivity contribution in [3.8, 4) is 5.75 Å². The Hall–Kier alpha value is -0.550. The van der Waals surface area contributed by atoms with Crippen molar-refractivity contribution in [3.05, 3.63) is 23.3 Å². The Balaban J connectivity index is 3.38. The largest absolute Gasteiger partial charge is 0.495 e. The van der Waals surface area contributed by atoms with E-state index in [1.165, 1.54) is 7.11 Å². The zero-order chi connectivity index (χ0) is 12.3. The maximum absolute atomic E-state index is 12.0. The van der Waals surface area contributed by atoms with Gasteiger partial charge in [0.25, 0.3) is 0 Å². The zero-order valence-corrected chi connectivity index (χ0v) is 12.0. The van der Waals surface area contributed by atoms with Gasteiger partial charge in [-0.3, -0.25) is 0 Å². The summed E-state index contributed by atoms with van der Waals surface area (Å²) in [5.41, 5.74) is 1.98. The van der Waals surface area contributed by atoms with Crippen molar-refractivity contribution >= 4 is 25.8 Å². The van der Waals surface area contributed by atoms with Crippen LogP contribution in [-0.2, 0) is 9.84 Å². The molecule has 0 spiro atoms. The summed E-state index contributed by atoms with van der Waals surface area (Å²) in [7, 11) is -1.78. The second-order valence-electron chi connectivity index (χ2n) is 3.60. The third-order valence-corrected chi connectivity index (χ3v) is 5.11. The van der Waals surface area contributed by atoms with Crippen LogP contribution in [-0.4, -0.2) is 26.6 Å². The molecule has 5 heteroatoms. The van der Waals surface area contributed by atoms with E-state index in [-0.39, 0.29) is 10.6 Å². The Bertz CT molecular complexity index is 480. The first kappa shape index (κ1) is 13.5. The van der Waals surface area contributed by atoms with Crippen LogP contribution in [0.4, 0.5) is 0 Å². The number of benzene rings is 1. The molecule has 0 amide bonds. The van der Waals surface area contributed by atoms with Crippen LogP contribution in [0.5, 0.6) is 5.75 Å². The summed E-state index contributed by atoms with van der Waals surface area (Å²) in [5.74, 6) is 0.496. The van der Waals surface area contributed by atoms with E-state index in [2.05, 4.69) is 15.9 Å². The second kappa shape index (κ2) is 5.19. The molecule has 90 valence electrons. The van der Waals surface area contributed by atoms with Gasteiger partial charge in [-0.25, -0.2) is 8.42 Å². The Morgan fingerprint density at radius 3 is 2.31 bits per heavy atom. The van der Waals surface area contributed by atoms with Crippen molar-refractivity contribution in [1.82, 2.24) is 0 Å². The molecule has 1 aromatic carbocycles. The molecular weight excluding hydrogens is 292 g/mol. The van der Waals surface area contributed by atoms with Gasteiger partial charge >= 0.3 is 0 Å². The Labute approximate surface area is 105 Å².